The van der Waals surface area contributed by atoms with Gasteiger partial charge in [0.15, 0.2) is 0 Å². The maximum atomic E-state index is 12.1. The van der Waals surface area contributed by atoms with Crippen molar-refractivity contribution in [2.75, 3.05) is 5.32 Å². The molecule has 4 heteroatoms. The van der Waals surface area contributed by atoms with Crippen LogP contribution in [0.15, 0.2) is 46.9 Å². The van der Waals surface area contributed by atoms with Gasteiger partial charge in [-0.25, -0.2) is 0 Å². The molecule has 0 aliphatic heterocycles. The van der Waals surface area contributed by atoms with Crippen LogP contribution in [0.2, 0.25) is 0 Å². The van der Waals surface area contributed by atoms with Crippen molar-refractivity contribution in [3.63, 3.8) is 0 Å². The zero-order valence-corrected chi connectivity index (χ0v) is 12.1. The summed E-state index contributed by atoms with van der Waals surface area (Å²) in [4.78, 5) is 12.1. The van der Waals surface area contributed by atoms with E-state index in [0.717, 1.165) is 22.1 Å². The molecule has 0 radical (unpaired) electrons. The van der Waals surface area contributed by atoms with Crippen molar-refractivity contribution in [2.24, 2.45) is 0 Å². The van der Waals surface area contributed by atoms with Gasteiger partial charge in [0, 0.05) is 10.2 Å². The molecule has 0 bridgehead atoms. The molecule has 3 nitrogen and oxygen atoms in total. The fraction of sp³-hybridized carbons (Fsp3) is 0.133. The average Bonchev–Trinajstić information content (AvgIpc) is 2.41. The van der Waals surface area contributed by atoms with Crippen molar-refractivity contribution in [3.8, 4) is 5.75 Å². The van der Waals surface area contributed by atoms with Gasteiger partial charge in [0.25, 0.3) is 5.91 Å². The molecule has 0 aliphatic rings. The van der Waals surface area contributed by atoms with E-state index in [-0.39, 0.29) is 17.2 Å². The van der Waals surface area contributed by atoms with Gasteiger partial charge in [-0.3, -0.25) is 4.79 Å². The van der Waals surface area contributed by atoms with E-state index >= 15 is 0 Å². The number of anilines is 1. The summed E-state index contributed by atoms with van der Waals surface area (Å²) in [7, 11) is 0. The summed E-state index contributed by atoms with van der Waals surface area (Å²) in [6.07, 6.45) is 0.815. The Kier molecular flexibility index (Phi) is 4.22. The van der Waals surface area contributed by atoms with E-state index in [1.807, 2.05) is 25.1 Å². The number of amides is 1. The van der Waals surface area contributed by atoms with E-state index in [0.29, 0.717) is 0 Å². The number of benzene rings is 2. The molecule has 2 aromatic carbocycles. The molecule has 0 saturated carbocycles. The lowest BCUT2D eigenvalue weighted by Gasteiger charge is -2.11. The van der Waals surface area contributed by atoms with E-state index < -0.39 is 0 Å². The molecule has 0 atom stereocenters. The Labute approximate surface area is 120 Å². The average molecular weight is 320 g/mol. The molecule has 19 heavy (non-hydrogen) atoms. The molecule has 0 aliphatic carbocycles. The number of phenols is 1. The highest BCUT2D eigenvalue weighted by atomic mass is 79.9. The van der Waals surface area contributed by atoms with Crippen molar-refractivity contribution < 1.29 is 9.90 Å². The molecule has 0 spiro atoms. The second-order valence-corrected chi connectivity index (χ2v) is 5.04. The van der Waals surface area contributed by atoms with Gasteiger partial charge in [-0.1, -0.05) is 35.0 Å². The number of aryl methyl sites for hydroxylation is 1. The van der Waals surface area contributed by atoms with Crippen LogP contribution >= 0.6 is 15.9 Å². The SMILES string of the molecule is CCc1cc(Br)ccc1NC(=O)c1ccccc1O. The first-order chi connectivity index (χ1) is 9.11. The number of rotatable bonds is 3. The number of phenolic OH excluding ortho intramolecular Hbond substituents is 1. The van der Waals surface area contributed by atoms with Crippen molar-refractivity contribution in [1.82, 2.24) is 0 Å². The van der Waals surface area contributed by atoms with Gasteiger partial charge in [-0.2, -0.15) is 0 Å². The minimum absolute atomic E-state index is 0.0184. The van der Waals surface area contributed by atoms with Gasteiger partial charge < -0.3 is 10.4 Å². The van der Waals surface area contributed by atoms with Crippen LogP contribution in [0.5, 0.6) is 5.75 Å². The highest BCUT2D eigenvalue weighted by molar-refractivity contribution is 9.10. The zero-order valence-electron chi connectivity index (χ0n) is 10.5. The third kappa shape index (κ3) is 3.15. The Morgan fingerprint density at radius 2 is 2.00 bits per heavy atom. The molecular formula is C15H14BrNO2. The predicted molar refractivity (Wildman–Crippen MR) is 79.6 cm³/mol. The van der Waals surface area contributed by atoms with Crippen LogP contribution in [0.1, 0.15) is 22.8 Å². The van der Waals surface area contributed by atoms with Crippen molar-refractivity contribution in [2.45, 2.75) is 13.3 Å². The standard InChI is InChI=1S/C15H14BrNO2/c1-2-10-9-11(16)7-8-13(10)17-15(19)12-5-3-4-6-14(12)18/h3-9,18H,2H2,1H3,(H,17,19). The van der Waals surface area contributed by atoms with Gasteiger partial charge in [0.1, 0.15) is 5.75 Å². The Morgan fingerprint density at radius 3 is 2.68 bits per heavy atom. The maximum absolute atomic E-state index is 12.1. The fourth-order valence-corrected chi connectivity index (χ4v) is 2.24. The molecule has 0 saturated heterocycles. The Bertz CT molecular complexity index is 611. The second-order valence-electron chi connectivity index (χ2n) is 4.13. The normalized spacial score (nSPS) is 10.2. The third-order valence-electron chi connectivity index (χ3n) is 2.85. The van der Waals surface area contributed by atoms with Gasteiger partial charge in [-0.15, -0.1) is 0 Å². The minimum atomic E-state index is -0.310. The predicted octanol–water partition coefficient (Wildman–Crippen LogP) is 3.97. The Hall–Kier alpha value is -1.81. The molecule has 1 amide bonds. The lowest BCUT2D eigenvalue weighted by atomic mass is 10.1. The summed E-state index contributed by atoms with van der Waals surface area (Å²) in [5, 5.41) is 12.5. The highest BCUT2D eigenvalue weighted by Crippen LogP contribution is 2.23. The van der Waals surface area contributed by atoms with E-state index in [4.69, 9.17) is 0 Å². The molecule has 0 unspecified atom stereocenters. The smallest absolute Gasteiger partial charge is 0.259 e. The van der Waals surface area contributed by atoms with Crippen LogP contribution in [-0.4, -0.2) is 11.0 Å². The number of aromatic hydroxyl groups is 1. The number of hydrogen-bond donors (Lipinski definition) is 2. The monoisotopic (exact) mass is 319 g/mol. The van der Waals surface area contributed by atoms with Crippen LogP contribution in [0, 0.1) is 0 Å². The quantitative estimate of drug-likeness (QED) is 0.899. The molecule has 2 rings (SSSR count). The number of carbonyl (C=O) groups excluding carboxylic acids is 1. The summed E-state index contributed by atoms with van der Waals surface area (Å²) < 4.78 is 0.977. The zero-order chi connectivity index (χ0) is 13.8. The molecule has 0 aromatic heterocycles. The van der Waals surface area contributed by atoms with Crippen LogP contribution < -0.4 is 5.32 Å². The van der Waals surface area contributed by atoms with Crippen molar-refractivity contribution in [3.05, 3.63) is 58.1 Å². The largest absolute Gasteiger partial charge is 0.507 e. The number of hydrogen-bond acceptors (Lipinski definition) is 2. The summed E-state index contributed by atoms with van der Waals surface area (Å²) in [6.45, 7) is 2.03. The highest BCUT2D eigenvalue weighted by Gasteiger charge is 2.12. The Morgan fingerprint density at radius 1 is 1.26 bits per heavy atom. The summed E-state index contributed by atoms with van der Waals surface area (Å²) >= 11 is 3.41. The minimum Gasteiger partial charge on any atom is -0.507 e. The fourth-order valence-electron chi connectivity index (χ4n) is 1.83. The van der Waals surface area contributed by atoms with Crippen LogP contribution in [0.4, 0.5) is 5.69 Å². The first-order valence-corrected chi connectivity index (χ1v) is 6.79. The Balaban J connectivity index is 2.27. The molecule has 0 fully saturated rings. The van der Waals surface area contributed by atoms with E-state index in [1.165, 1.54) is 6.07 Å². The van der Waals surface area contributed by atoms with Gasteiger partial charge >= 0.3 is 0 Å². The summed E-state index contributed by atoms with van der Waals surface area (Å²) in [5.74, 6) is -0.328. The first-order valence-electron chi connectivity index (χ1n) is 5.99. The van der Waals surface area contributed by atoms with Gasteiger partial charge in [-0.05, 0) is 42.3 Å². The topological polar surface area (TPSA) is 49.3 Å². The van der Waals surface area contributed by atoms with E-state index in [1.54, 1.807) is 18.2 Å². The number of carbonyl (C=O) groups is 1. The molecule has 2 aromatic rings. The number of halogens is 1. The maximum Gasteiger partial charge on any atom is 0.259 e. The van der Waals surface area contributed by atoms with Crippen molar-refractivity contribution in [1.29, 1.82) is 0 Å². The lowest BCUT2D eigenvalue weighted by Crippen LogP contribution is -2.13. The van der Waals surface area contributed by atoms with Crippen LogP contribution in [-0.2, 0) is 6.42 Å². The third-order valence-corrected chi connectivity index (χ3v) is 3.34. The van der Waals surface area contributed by atoms with E-state index in [2.05, 4.69) is 21.2 Å². The number of para-hydroxylation sites is 1. The number of nitrogens with one attached hydrogen (secondary N) is 1. The van der Waals surface area contributed by atoms with Gasteiger partial charge in [0.05, 0.1) is 5.56 Å². The first kappa shape index (κ1) is 13.6. The lowest BCUT2D eigenvalue weighted by molar-refractivity contribution is 0.102. The molecule has 98 valence electrons. The van der Waals surface area contributed by atoms with E-state index in [9.17, 15) is 9.90 Å². The second kappa shape index (κ2) is 5.89. The van der Waals surface area contributed by atoms with Crippen molar-refractivity contribution >= 4 is 27.5 Å². The molecule has 2 N–H and O–H groups in total. The summed E-state index contributed by atoms with van der Waals surface area (Å²) in [5.41, 5.74) is 2.07. The van der Waals surface area contributed by atoms with Crippen LogP contribution in [0.3, 0.4) is 0 Å². The summed E-state index contributed by atoms with van der Waals surface area (Å²) in [6, 6.07) is 12.2. The van der Waals surface area contributed by atoms with Gasteiger partial charge in [0.2, 0.25) is 0 Å². The molecular weight excluding hydrogens is 306 g/mol. The molecule has 0 heterocycles. The van der Waals surface area contributed by atoms with Crippen LogP contribution in [0.25, 0.3) is 0 Å².